The van der Waals surface area contributed by atoms with E-state index in [1.54, 1.807) is 0 Å². The minimum Gasteiger partial charge on any atom is -0.392 e. The average molecular weight is 206 g/mol. The van der Waals surface area contributed by atoms with Gasteiger partial charge in [-0.25, -0.2) is 0 Å². The van der Waals surface area contributed by atoms with Crippen molar-refractivity contribution < 1.29 is 5.11 Å². The normalized spacial score (nSPS) is 51.3. The van der Waals surface area contributed by atoms with Crippen LogP contribution < -0.4 is 0 Å². The number of hydrogen-bond donors (Lipinski definition) is 1. The van der Waals surface area contributed by atoms with Crippen molar-refractivity contribution in [2.45, 2.75) is 39.5 Å². The van der Waals surface area contributed by atoms with E-state index in [1.165, 1.54) is 25.7 Å². The highest BCUT2D eigenvalue weighted by atomic mass is 16.3. The Labute approximate surface area is 92.6 Å². The zero-order valence-electron chi connectivity index (χ0n) is 9.87. The van der Waals surface area contributed by atoms with Crippen LogP contribution in [0.1, 0.15) is 39.5 Å². The largest absolute Gasteiger partial charge is 0.392 e. The van der Waals surface area contributed by atoms with Crippen LogP contribution in [0.4, 0.5) is 0 Å². The highest BCUT2D eigenvalue weighted by molar-refractivity contribution is 5.21. The van der Waals surface area contributed by atoms with E-state index in [0.717, 1.165) is 29.2 Å². The highest BCUT2D eigenvalue weighted by Crippen LogP contribution is 2.79. The second kappa shape index (κ2) is 3.10. The molecule has 1 N–H and O–H groups in total. The maximum Gasteiger partial charge on any atom is 0.0639 e. The summed E-state index contributed by atoms with van der Waals surface area (Å²) in [5.41, 5.74) is 1.80. The summed E-state index contributed by atoms with van der Waals surface area (Å²) in [5.74, 6) is 4.39. The summed E-state index contributed by atoms with van der Waals surface area (Å²) < 4.78 is 0. The SMILES string of the molecule is CC(=CCCC1(C)C2CC3C(C2)C31)CO. The van der Waals surface area contributed by atoms with Crippen LogP contribution in [0.5, 0.6) is 0 Å². The maximum absolute atomic E-state index is 8.94. The van der Waals surface area contributed by atoms with Crippen molar-refractivity contribution in [3.63, 3.8) is 0 Å². The van der Waals surface area contributed by atoms with Gasteiger partial charge in [0.25, 0.3) is 0 Å². The molecule has 84 valence electrons. The number of allylic oxidation sites excluding steroid dienone is 1. The third kappa shape index (κ3) is 1.25. The first-order valence-electron chi connectivity index (χ1n) is 6.43. The zero-order valence-corrected chi connectivity index (χ0v) is 9.87. The molecule has 3 unspecified atom stereocenters. The molecule has 0 aromatic heterocycles. The minimum atomic E-state index is 0.231. The molecule has 0 aliphatic heterocycles. The Morgan fingerprint density at radius 1 is 1.40 bits per heavy atom. The number of rotatable bonds is 4. The quantitative estimate of drug-likeness (QED) is 0.701. The van der Waals surface area contributed by atoms with Crippen molar-refractivity contribution in [2.75, 3.05) is 6.61 Å². The minimum absolute atomic E-state index is 0.231. The molecule has 0 aromatic carbocycles. The van der Waals surface area contributed by atoms with Gasteiger partial charge in [-0.05, 0) is 61.7 Å². The third-order valence-corrected chi connectivity index (χ3v) is 5.56. The summed E-state index contributed by atoms with van der Waals surface area (Å²) >= 11 is 0. The van der Waals surface area contributed by atoms with Crippen molar-refractivity contribution in [3.8, 4) is 0 Å². The van der Waals surface area contributed by atoms with Crippen LogP contribution in [0.15, 0.2) is 11.6 Å². The first-order valence-corrected chi connectivity index (χ1v) is 6.43. The molecule has 4 rings (SSSR count). The van der Waals surface area contributed by atoms with E-state index in [1.807, 2.05) is 6.92 Å². The molecule has 0 aromatic rings. The molecule has 0 heterocycles. The van der Waals surface area contributed by atoms with Gasteiger partial charge in [0.05, 0.1) is 6.61 Å². The Bertz CT molecular complexity index is 290. The molecule has 3 atom stereocenters. The molecule has 4 saturated carbocycles. The molecule has 4 bridgehead atoms. The van der Waals surface area contributed by atoms with Crippen LogP contribution >= 0.6 is 0 Å². The lowest BCUT2D eigenvalue weighted by Gasteiger charge is -2.28. The molecule has 0 spiro atoms. The predicted molar refractivity (Wildman–Crippen MR) is 61.4 cm³/mol. The summed E-state index contributed by atoms with van der Waals surface area (Å²) in [5, 5.41) is 8.94. The summed E-state index contributed by atoms with van der Waals surface area (Å²) in [6, 6.07) is 0. The molecule has 4 fully saturated rings. The second-order valence-corrected chi connectivity index (χ2v) is 6.27. The Morgan fingerprint density at radius 3 is 2.53 bits per heavy atom. The maximum atomic E-state index is 8.94. The monoisotopic (exact) mass is 206 g/mol. The van der Waals surface area contributed by atoms with Crippen molar-refractivity contribution in [1.29, 1.82) is 0 Å². The Balaban J connectivity index is 1.60. The summed E-state index contributed by atoms with van der Waals surface area (Å²) in [4.78, 5) is 0. The number of aliphatic hydroxyl groups excluding tert-OH is 1. The third-order valence-electron chi connectivity index (χ3n) is 5.56. The van der Waals surface area contributed by atoms with Crippen molar-refractivity contribution in [2.24, 2.45) is 29.1 Å². The topological polar surface area (TPSA) is 20.2 Å². The van der Waals surface area contributed by atoms with E-state index in [2.05, 4.69) is 13.0 Å². The summed E-state index contributed by atoms with van der Waals surface area (Å²) in [7, 11) is 0. The van der Waals surface area contributed by atoms with Crippen molar-refractivity contribution in [1.82, 2.24) is 0 Å². The van der Waals surface area contributed by atoms with E-state index in [0.29, 0.717) is 5.41 Å². The molecule has 4 aliphatic carbocycles. The van der Waals surface area contributed by atoms with Gasteiger partial charge in [0.2, 0.25) is 0 Å². The van der Waals surface area contributed by atoms with Gasteiger partial charge in [-0.1, -0.05) is 18.6 Å². The Kier molecular flexibility index (Phi) is 2.04. The fraction of sp³-hybridized carbons (Fsp3) is 0.857. The van der Waals surface area contributed by atoms with E-state index in [4.69, 9.17) is 5.11 Å². The molecule has 1 heteroatoms. The van der Waals surface area contributed by atoms with Gasteiger partial charge in [-0.2, -0.15) is 0 Å². The lowest BCUT2D eigenvalue weighted by atomic mass is 9.77. The molecular formula is C14H22O. The highest BCUT2D eigenvalue weighted by Gasteiger charge is 2.72. The van der Waals surface area contributed by atoms with Crippen LogP contribution in [0, 0.1) is 29.1 Å². The average Bonchev–Trinajstić information content (AvgIpc) is 2.57. The molecule has 15 heavy (non-hydrogen) atoms. The molecule has 1 nitrogen and oxygen atoms in total. The van der Waals surface area contributed by atoms with E-state index < -0.39 is 0 Å². The van der Waals surface area contributed by atoms with Crippen molar-refractivity contribution >= 4 is 0 Å². The van der Waals surface area contributed by atoms with Crippen LogP contribution in [0.25, 0.3) is 0 Å². The smallest absolute Gasteiger partial charge is 0.0639 e. The first kappa shape index (κ1) is 9.89. The first-order chi connectivity index (χ1) is 7.16. The van der Waals surface area contributed by atoms with Gasteiger partial charge in [0, 0.05) is 0 Å². The Morgan fingerprint density at radius 2 is 2.07 bits per heavy atom. The van der Waals surface area contributed by atoms with Gasteiger partial charge in [-0.15, -0.1) is 0 Å². The fourth-order valence-corrected chi connectivity index (χ4v) is 4.69. The summed E-state index contributed by atoms with van der Waals surface area (Å²) in [6.45, 7) is 4.78. The van der Waals surface area contributed by atoms with Crippen LogP contribution in [0.3, 0.4) is 0 Å². The Hall–Kier alpha value is -0.300. The van der Waals surface area contributed by atoms with Gasteiger partial charge in [0.15, 0.2) is 0 Å². The fourth-order valence-electron chi connectivity index (χ4n) is 4.69. The lowest BCUT2D eigenvalue weighted by molar-refractivity contribution is 0.218. The molecule has 0 saturated heterocycles. The molecule has 0 amide bonds. The molecule has 4 aliphatic rings. The second-order valence-electron chi connectivity index (χ2n) is 6.27. The van der Waals surface area contributed by atoms with E-state index >= 15 is 0 Å². The van der Waals surface area contributed by atoms with Crippen LogP contribution in [-0.4, -0.2) is 11.7 Å². The predicted octanol–water partition coefficient (Wildman–Crippen LogP) is 3.00. The van der Waals surface area contributed by atoms with Gasteiger partial charge in [-0.3, -0.25) is 0 Å². The van der Waals surface area contributed by atoms with Gasteiger partial charge >= 0.3 is 0 Å². The van der Waals surface area contributed by atoms with Crippen molar-refractivity contribution in [3.05, 3.63) is 11.6 Å². The lowest BCUT2D eigenvalue weighted by Crippen LogP contribution is -2.20. The van der Waals surface area contributed by atoms with Gasteiger partial charge in [0.1, 0.15) is 0 Å². The number of aliphatic hydroxyl groups is 1. The van der Waals surface area contributed by atoms with Gasteiger partial charge < -0.3 is 5.11 Å². The zero-order chi connectivity index (χ0) is 10.6. The van der Waals surface area contributed by atoms with E-state index in [-0.39, 0.29) is 6.61 Å². The number of hydrogen-bond acceptors (Lipinski definition) is 1. The molecule has 0 radical (unpaired) electrons. The van der Waals surface area contributed by atoms with Crippen LogP contribution in [-0.2, 0) is 0 Å². The summed E-state index contributed by atoms with van der Waals surface area (Å²) in [6.07, 6.45) is 7.84. The standard InChI is InChI=1S/C14H22O/c1-9(8-15)4-3-5-14(2)10-6-11-12(7-10)13(11)14/h4,10-13,15H,3,5-8H2,1-2H3. The van der Waals surface area contributed by atoms with Crippen LogP contribution in [0.2, 0.25) is 0 Å². The molecular weight excluding hydrogens is 184 g/mol. The van der Waals surface area contributed by atoms with E-state index in [9.17, 15) is 0 Å².